The van der Waals surface area contributed by atoms with Gasteiger partial charge in [-0.25, -0.2) is 0 Å². The van der Waals surface area contributed by atoms with Crippen molar-refractivity contribution < 1.29 is 9.84 Å². The van der Waals surface area contributed by atoms with E-state index in [1.165, 1.54) is 11.8 Å². The van der Waals surface area contributed by atoms with E-state index in [1.807, 2.05) is 24.3 Å². The smallest absolute Gasteiger partial charge is 0.133 e. The summed E-state index contributed by atoms with van der Waals surface area (Å²) in [6, 6.07) is 11.4. The lowest BCUT2D eigenvalue weighted by Crippen LogP contribution is -2.13. The van der Waals surface area contributed by atoms with Gasteiger partial charge in [-0.1, -0.05) is 12.1 Å². The fourth-order valence-corrected chi connectivity index (χ4v) is 1.60. The molecule has 1 aromatic heterocycles. The van der Waals surface area contributed by atoms with Gasteiger partial charge in [0.1, 0.15) is 11.5 Å². The van der Waals surface area contributed by atoms with Crippen LogP contribution in [0.3, 0.4) is 0 Å². The summed E-state index contributed by atoms with van der Waals surface area (Å²) in [5, 5.41) is 12.4. The first kappa shape index (κ1) is 12.4. The van der Waals surface area contributed by atoms with Crippen molar-refractivity contribution in [2.75, 3.05) is 7.11 Å². The summed E-state index contributed by atoms with van der Waals surface area (Å²) in [6.45, 7) is 1.44. The highest BCUT2D eigenvalue weighted by molar-refractivity contribution is 5.27. The van der Waals surface area contributed by atoms with Gasteiger partial charge in [-0.2, -0.15) is 0 Å². The number of nitrogens with one attached hydrogen (secondary N) is 1. The molecule has 1 heterocycles. The highest BCUT2D eigenvalue weighted by Crippen LogP contribution is 2.11. The fraction of sp³-hybridized carbons (Fsp3) is 0.214. The van der Waals surface area contributed by atoms with E-state index >= 15 is 0 Å². The average Bonchev–Trinajstić information content (AvgIpc) is 2.42. The van der Waals surface area contributed by atoms with Gasteiger partial charge >= 0.3 is 0 Å². The Morgan fingerprint density at radius 2 is 1.89 bits per heavy atom. The minimum Gasteiger partial charge on any atom is -0.506 e. The second kappa shape index (κ2) is 6.02. The van der Waals surface area contributed by atoms with Crippen molar-refractivity contribution in [2.24, 2.45) is 0 Å². The SMILES string of the molecule is COc1ccc(CNCc2ccc(O)cn2)cc1. The molecule has 0 radical (unpaired) electrons. The van der Waals surface area contributed by atoms with Gasteiger partial charge in [-0.05, 0) is 29.8 Å². The minimum absolute atomic E-state index is 0.189. The monoisotopic (exact) mass is 244 g/mol. The van der Waals surface area contributed by atoms with Crippen LogP contribution in [0, 0.1) is 0 Å². The molecule has 1 aromatic carbocycles. The zero-order chi connectivity index (χ0) is 12.8. The van der Waals surface area contributed by atoms with Crippen molar-refractivity contribution in [1.82, 2.24) is 10.3 Å². The third-order valence-electron chi connectivity index (χ3n) is 2.60. The quantitative estimate of drug-likeness (QED) is 0.845. The topological polar surface area (TPSA) is 54.4 Å². The zero-order valence-corrected chi connectivity index (χ0v) is 10.3. The van der Waals surface area contributed by atoms with Crippen LogP contribution in [0.1, 0.15) is 11.3 Å². The summed E-state index contributed by atoms with van der Waals surface area (Å²) < 4.78 is 5.10. The molecule has 4 heteroatoms. The predicted octanol–water partition coefficient (Wildman–Crippen LogP) is 2.09. The summed E-state index contributed by atoms with van der Waals surface area (Å²) in [4.78, 5) is 4.10. The predicted molar refractivity (Wildman–Crippen MR) is 69.4 cm³/mol. The Labute approximate surface area is 106 Å². The van der Waals surface area contributed by atoms with Crippen LogP contribution in [0.2, 0.25) is 0 Å². The number of rotatable bonds is 5. The molecule has 18 heavy (non-hydrogen) atoms. The first-order chi connectivity index (χ1) is 8.78. The second-order valence-corrected chi connectivity index (χ2v) is 3.96. The molecular weight excluding hydrogens is 228 g/mol. The Kier molecular flexibility index (Phi) is 4.15. The maximum absolute atomic E-state index is 9.11. The van der Waals surface area contributed by atoms with Crippen molar-refractivity contribution in [3.05, 3.63) is 53.9 Å². The molecule has 94 valence electrons. The molecule has 0 spiro atoms. The van der Waals surface area contributed by atoms with Crippen LogP contribution >= 0.6 is 0 Å². The van der Waals surface area contributed by atoms with Crippen LogP contribution in [0.15, 0.2) is 42.6 Å². The highest BCUT2D eigenvalue weighted by atomic mass is 16.5. The van der Waals surface area contributed by atoms with Crippen LogP contribution in [-0.2, 0) is 13.1 Å². The van der Waals surface area contributed by atoms with Gasteiger partial charge in [0, 0.05) is 13.1 Å². The Morgan fingerprint density at radius 3 is 2.50 bits per heavy atom. The molecule has 2 N–H and O–H groups in total. The van der Waals surface area contributed by atoms with Crippen LogP contribution in [0.5, 0.6) is 11.5 Å². The number of benzene rings is 1. The minimum atomic E-state index is 0.189. The molecule has 0 saturated carbocycles. The maximum atomic E-state index is 9.11. The number of pyridine rings is 1. The number of aromatic nitrogens is 1. The number of ether oxygens (including phenoxy) is 1. The van der Waals surface area contributed by atoms with E-state index in [9.17, 15) is 0 Å². The van der Waals surface area contributed by atoms with Gasteiger partial charge in [-0.15, -0.1) is 0 Å². The van der Waals surface area contributed by atoms with E-state index in [2.05, 4.69) is 10.3 Å². The van der Waals surface area contributed by atoms with Crippen molar-refractivity contribution in [3.8, 4) is 11.5 Å². The molecule has 0 aliphatic rings. The van der Waals surface area contributed by atoms with Gasteiger partial charge < -0.3 is 15.2 Å². The van der Waals surface area contributed by atoms with Crippen LogP contribution in [-0.4, -0.2) is 17.2 Å². The van der Waals surface area contributed by atoms with Gasteiger partial charge in [0.25, 0.3) is 0 Å². The maximum Gasteiger partial charge on any atom is 0.133 e. The van der Waals surface area contributed by atoms with E-state index in [0.29, 0.717) is 6.54 Å². The Balaban J connectivity index is 1.82. The van der Waals surface area contributed by atoms with Crippen LogP contribution in [0.4, 0.5) is 0 Å². The molecule has 2 aromatic rings. The molecule has 2 rings (SSSR count). The highest BCUT2D eigenvalue weighted by Gasteiger charge is 1.97. The summed E-state index contributed by atoms with van der Waals surface area (Å²) in [7, 11) is 1.66. The number of hydrogen-bond donors (Lipinski definition) is 2. The molecule has 0 amide bonds. The van der Waals surface area contributed by atoms with Crippen LogP contribution in [0.25, 0.3) is 0 Å². The number of nitrogens with zero attached hydrogens (tertiary/aromatic N) is 1. The summed E-state index contributed by atoms with van der Waals surface area (Å²) in [6.07, 6.45) is 1.45. The van der Waals surface area contributed by atoms with Gasteiger partial charge in [-0.3, -0.25) is 4.98 Å². The number of methoxy groups -OCH3 is 1. The first-order valence-corrected chi connectivity index (χ1v) is 5.75. The van der Waals surface area contributed by atoms with E-state index in [4.69, 9.17) is 9.84 Å². The lowest BCUT2D eigenvalue weighted by Gasteiger charge is -2.05. The zero-order valence-electron chi connectivity index (χ0n) is 10.3. The molecule has 0 fully saturated rings. The Bertz CT molecular complexity index is 480. The lowest BCUT2D eigenvalue weighted by atomic mass is 10.2. The molecule has 0 aliphatic carbocycles. The van der Waals surface area contributed by atoms with E-state index in [0.717, 1.165) is 18.0 Å². The van der Waals surface area contributed by atoms with E-state index < -0.39 is 0 Å². The van der Waals surface area contributed by atoms with Crippen molar-refractivity contribution >= 4 is 0 Å². The van der Waals surface area contributed by atoms with Gasteiger partial charge in [0.05, 0.1) is 19.0 Å². The summed E-state index contributed by atoms with van der Waals surface area (Å²) in [5.74, 6) is 1.05. The van der Waals surface area contributed by atoms with E-state index in [1.54, 1.807) is 19.2 Å². The van der Waals surface area contributed by atoms with Crippen LogP contribution < -0.4 is 10.1 Å². The lowest BCUT2D eigenvalue weighted by molar-refractivity contribution is 0.414. The molecule has 0 aliphatic heterocycles. The Morgan fingerprint density at radius 1 is 1.11 bits per heavy atom. The largest absolute Gasteiger partial charge is 0.506 e. The van der Waals surface area contributed by atoms with E-state index in [-0.39, 0.29) is 5.75 Å². The Hall–Kier alpha value is -2.07. The van der Waals surface area contributed by atoms with Gasteiger partial charge in [0.2, 0.25) is 0 Å². The normalized spacial score (nSPS) is 10.3. The summed E-state index contributed by atoms with van der Waals surface area (Å²) in [5.41, 5.74) is 2.09. The van der Waals surface area contributed by atoms with Crippen molar-refractivity contribution in [1.29, 1.82) is 0 Å². The summed E-state index contributed by atoms with van der Waals surface area (Å²) >= 11 is 0. The molecule has 0 unspecified atom stereocenters. The van der Waals surface area contributed by atoms with Crippen molar-refractivity contribution in [3.63, 3.8) is 0 Å². The standard InChI is InChI=1S/C14H16N2O2/c1-18-14-6-2-11(3-7-14)8-15-9-12-4-5-13(17)10-16-12/h2-7,10,15,17H,8-9H2,1H3. The third-order valence-corrected chi connectivity index (χ3v) is 2.60. The molecule has 0 saturated heterocycles. The van der Waals surface area contributed by atoms with Crippen molar-refractivity contribution in [2.45, 2.75) is 13.1 Å². The first-order valence-electron chi connectivity index (χ1n) is 5.75. The number of aromatic hydroxyl groups is 1. The molecule has 0 atom stereocenters. The second-order valence-electron chi connectivity index (χ2n) is 3.96. The molecular formula is C14H16N2O2. The average molecular weight is 244 g/mol. The third kappa shape index (κ3) is 3.46. The fourth-order valence-electron chi connectivity index (χ4n) is 1.60. The molecule has 0 bridgehead atoms. The molecule has 4 nitrogen and oxygen atoms in total. The number of hydrogen-bond acceptors (Lipinski definition) is 4. The van der Waals surface area contributed by atoms with Gasteiger partial charge in [0.15, 0.2) is 0 Å².